The van der Waals surface area contributed by atoms with Gasteiger partial charge in [0.15, 0.2) is 11.5 Å². The third-order valence-corrected chi connectivity index (χ3v) is 7.80. The first-order chi connectivity index (χ1) is 15.8. The molecule has 2 aromatic carbocycles. The molecule has 180 valence electrons. The van der Waals surface area contributed by atoms with Crippen molar-refractivity contribution < 1.29 is 27.4 Å². The van der Waals surface area contributed by atoms with Crippen molar-refractivity contribution in [1.29, 1.82) is 0 Å². The molecule has 8 nitrogen and oxygen atoms in total. The van der Waals surface area contributed by atoms with Gasteiger partial charge in [-0.3, -0.25) is 4.79 Å². The van der Waals surface area contributed by atoms with E-state index in [0.29, 0.717) is 48.4 Å². The van der Waals surface area contributed by atoms with Crippen LogP contribution in [-0.2, 0) is 21.2 Å². The van der Waals surface area contributed by atoms with Crippen LogP contribution in [0.5, 0.6) is 17.2 Å². The lowest BCUT2D eigenvalue weighted by molar-refractivity contribution is -0.116. The van der Waals surface area contributed by atoms with Crippen LogP contribution in [0.1, 0.15) is 31.7 Å². The van der Waals surface area contributed by atoms with Gasteiger partial charge in [-0.2, -0.15) is 4.31 Å². The maximum Gasteiger partial charge on any atom is 0.243 e. The molecule has 0 unspecified atom stereocenters. The number of methoxy groups -OCH3 is 3. The Morgan fingerprint density at radius 2 is 1.58 bits per heavy atom. The zero-order valence-corrected chi connectivity index (χ0v) is 20.4. The lowest BCUT2D eigenvalue weighted by atomic mass is 10.0. The van der Waals surface area contributed by atoms with Crippen molar-refractivity contribution in [3.63, 3.8) is 0 Å². The van der Waals surface area contributed by atoms with Crippen LogP contribution in [0.4, 0.5) is 5.69 Å². The maximum absolute atomic E-state index is 12.8. The monoisotopic (exact) mass is 476 g/mol. The molecule has 0 radical (unpaired) electrons. The van der Waals surface area contributed by atoms with E-state index in [9.17, 15) is 13.2 Å². The first-order valence-corrected chi connectivity index (χ1v) is 12.4. The van der Waals surface area contributed by atoms with Crippen molar-refractivity contribution in [2.24, 2.45) is 5.92 Å². The number of carbonyl (C=O) groups excluding carboxylic acids is 1. The highest BCUT2D eigenvalue weighted by molar-refractivity contribution is 7.89. The predicted molar refractivity (Wildman–Crippen MR) is 127 cm³/mol. The largest absolute Gasteiger partial charge is 0.493 e. The number of anilines is 1. The Bertz CT molecular complexity index is 1040. The summed E-state index contributed by atoms with van der Waals surface area (Å²) in [6.07, 6.45) is 2.46. The van der Waals surface area contributed by atoms with Gasteiger partial charge in [0.25, 0.3) is 0 Å². The minimum Gasteiger partial charge on any atom is -0.493 e. The average molecular weight is 477 g/mol. The molecular weight excluding hydrogens is 444 g/mol. The molecule has 1 fully saturated rings. The van der Waals surface area contributed by atoms with Gasteiger partial charge in [0.05, 0.1) is 26.2 Å². The van der Waals surface area contributed by atoms with Gasteiger partial charge >= 0.3 is 0 Å². The topological polar surface area (TPSA) is 94.2 Å². The van der Waals surface area contributed by atoms with E-state index in [2.05, 4.69) is 12.2 Å². The van der Waals surface area contributed by atoms with Gasteiger partial charge < -0.3 is 19.5 Å². The average Bonchev–Trinajstić information content (AvgIpc) is 2.82. The summed E-state index contributed by atoms with van der Waals surface area (Å²) in [5, 5.41) is 2.82. The lowest BCUT2D eigenvalue weighted by Crippen LogP contribution is -2.37. The van der Waals surface area contributed by atoms with Crippen LogP contribution in [0, 0.1) is 5.92 Å². The number of nitrogens with zero attached hydrogens (tertiary/aromatic N) is 1. The SMILES string of the molecule is COc1cc(CCC(=O)Nc2ccc(S(=O)(=O)N3CCC(C)CC3)cc2)cc(OC)c1OC. The Labute approximate surface area is 195 Å². The molecule has 0 bridgehead atoms. The zero-order valence-electron chi connectivity index (χ0n) is 19.6. The minimum atomic E-state index is -3.51. The Morgan fingerprint density at radius 1 is 1.00 bits per heavy atom. The van der Waals surface area contributed by atoms with Crippen LogP contribution in [0.15, 0.2) is 41.3 Å². The third kappa shape index (κ3) is 5.97. The highest BCUT2D eigenvalue weighted by atomic mass is 32.2. The van der Waals surface area contributed by atoms with Crippen LogP contribution < -0.4 is 19.5 Å². The van der Waals surface area contributed by atoms with E-state index < -0.39 is 10.0 Å². The van der Waals surface area contributed by atoms with Gasteiger partial charge in [-0.25, -0.2) is 8.42 Å². The number of carbonyl (C=O) groups is 1. The number of ether oxygens (including phenoxy) is 3. The summed E-state index contributed by atoms with van der Waals surface area (Å²) in [4.78, 5) is 12.7. The molecule has 33 heavy (non-hydrogen) atoms. The van der Waals surface area contributed by atoms with Crippen LogP contribution in [0.25, 0.3) is 0 Å². The molecule has 0 aromatic heterocycles. The van der Waals surface area contributed by atoms with Gasteiger partial charge in [-0.15, -0.1) is 0 Å². The van der Waals surface area contributed by atoms with Gasteiger partial charge in [-0.05, 0) is 67.1 Å². The number of piperidine rings is 1. The molecule has 9 heteroatoms. The molecule has 2 aromatic rings. The van der Waals surface area contributed by atoms with Crippen molar-refractivity contribution in [3.8, 4) is 17.2 Å². The number of benzene rings is 2. The first kappa shape index (κ1) is 24.9. The summed E-state index contributed by atoms with van der Waals surface area (Å²) in [6, 6.07) is 9.96. The van der Waals surface area contributed by atoms with E-state index >= 15 is 0 Å². The number of amides is 1. The van der Waals surface area contributed by atoms with Crippen molar-refractivity contribution in [3.05, 3.63) is 42.0 Å². The van der Waals surface area contributed by atoms with E-state index in [-0.39, 0.29) is 17.2 Å². The van der Waals surface area contributed by atoms with Crippen molar-refractivity contribution >= 4 is 21.6 Å². The van der Waals surface area contributed by atoms with E-state index in [0.717, 1.165) is 18.4 Å². The molecule has 1 amide bonds. The minimum absolute atomic E-state index is 0.177. The molecule has 1 saturated heterocycles. The second-order valence-corrected chi connectivity index (χ2v) is 10.1. The van der Waals surface area contributed by atoms with Gasteiger partial charge in [0, 0.05) is 25.2 Å². The second-order valence-electron chi connectivity index (χ2n) is 8.19. The summed E-state index contributed by atoms with van der Waals surface area (Å²) in [6.45, 7) is 3.23. The standard InChI is InChI=1S/C24H32N2O6S/c1-17-11-13-26(14-12-17)33(28,29)20-8-6-19(7-9-20)25-23(27)10-5-18-15-21(30-2)24(32-4)22(16-18)31-3/h6-9,15-17H,5,10-14H2,1-4H3,(H,25,27). The predicted octanol–water partition coefficient (Wildman–Crippen LogP) is 3.70. The normalized spacial score (nSPS) is 15.2. The Kier molecular flexibility index (Phi) is 8.20. The number of sulfonamides is 1. The van der Waals surface area contributed by atoms with Crippen molar-refractivity contribution in [2.75, 3.05) is 39.7 Å². The first-order valence-electron chi connectivity index (χ1n) is 11.0. The summed E-state index contributed by atoms with van der Waals surface area (Å²) < 4.78 is 43.3. The fourth-order valence-electron chi connectivity index (χ4n) is 3.85. The molecule has 0 saturated carbocycles. The van der Waals surface area contributed by atoms with Gasteiger partial charge in [0.2, 0.25) is 21.7 Å². The molecule has 1 aliphatic heterocycles. The highest BCUT2D eigenvalue weighted by Crippen LogP contribution is 2.38. The quantitative estimate of drug-likeness (QED) is 0.593. The molecule has 0 aliphatic carbocycles. The molecular formula is C24H32N2O6S. The molecule has 3 rings (SSSR count). The van der Waals surface area contributed by atoms with E-state index in [4.69, 9.17) is 14.2 Å². The van der Waals surface area contributed by atoms with Crippen molar-refractivity contribution in [1.82, 2.24) is 4.31 Å². The van der Waals surface area contributed by atoms with Crippen LogP contribution in [-0.4, -0.2) is 53.0 Å². The van der Waals surface area contributed by atoms with Crippen LogP contribution in [0.2, 0.25) is 0 Å². The number of hydrogen-bond acceptors (Lipinski definition) is 6. The summed E-state index contributed by atoms with van der Waals surface area (Å²) in [7, 11) is 1.12. The summed E-state index contributed by atoms with van der Waals surface area (Å²) in [5.74, 6) is 1.94. The number of rotatable bonds is 9. The second kappa shape index (κ2) is 10.9. The van der Waals surface area contributed by atoms with Crippen LogP contribution in [0.3, 0.4) is 0 Å². The molecule has 1 aliphatic rings. The molecule has 1 heterocycles. The fourth-order valence-corrected chi connectivity index (χ4v) is 5.32. The van der Waals surface area contributed by atoms with E-state index in [1.165, 1.54) is 11.4 Å². The molecule has 0 atom stereocenters. The molecule has 0 spiro atoms. The molecule has 1 N–H and O–H groups in total. The van der Waals surface area contributed by atoms with E-state index in [1.54, 1.807) is 38.5 Å². The highest BCUT2D eigenvalue weighted by Gasteiger charge is 2.27. The Morgan fingerprint density at radius 3 is 2.09 bits per heavy atom. The zero-order chi connectivity index (χ0) is 24.0. The summed E-state index contributed by atoms with van der Waals surface area (Å²) in [5.41, 5.74) is 1.42. The van der Waals surface area contributed by atoms with Gasteiger partial charge in [0.1, 0.15) is 0 Å². The van der Waals surface area contributed by atoms with Gasteiger partial charge in [-0.1, -0.05) is 6.92 Å². The van der Waals surface area contributed by atoms with Crippen LogP contribution >= 0.6 is 0 Å². The Balaban J connectivity index is 1.60. The Hall–Kier alpha value is -2.78. The third-order valence-electron chi connectivity index (χ3n) is 5.88. The summed E-state index contributed by atoms with van der Waals surface area (Å²) >= 11 is 0. The number of nitrogens with one attached hydrogen (secondary N) is 1. The smallest absolute Gasteiger partial charge is 0.243 e. The van der Waals surface area contributed by atoms with Crippen molar-refractivity contribution in [2.45, 2.75) is 37.5 Å². The fraction of sp³-hybridized carbons (Fsp3) is 0.458. The number of hydrogen-bond donors (Lipinski definition) is 1. The maximum atomic E-state index is 12.8. The number of aryl methyl sites for hydroxylation is 1. The lowest BCUT2D eigenvalue weighted by Gasteiger charge is -2.29. The van der Waals surface area contributed by atoms with E-state index in [1.807, 2.05) is 12.1 Å².